The molecule has 1 aromatic carbocycles. The average Bonchev–Trinajstić information content (AvgIpc) is 2.27. The second-order valence-corrected chi connectivity index (χ2v) is 4.90. The number of carbonyl (C=O) groups excluding carboxylic acids is 1. The van der Waals surface area contributed by atoms with Crippen LogP contribution in [0.2, 0.25) is 0 Å². The molecule has 0 bridgehead atoms. The number of primary amides is 1. The smallest absolute Gasteiger partial charge is 0.255 e. The summed E-state index contributed by atoms with van der Waals surface area (Å²) >= 11 is 3.37. The minimum absolute atomic E-state index is 0. The normalized spacial score (nSPS) is 11.5. The third kappa shape index (κ3) is 7.37. The third-order valence-corrected chi connectivity index (χ3v) is 2.64. The van der Waals surface area contributed by atoms with Crippen LogP contribution in [-0.4, -0.2) is 30.3 Å². The lowest BCUT2D eigenvalue weighted by atomic mass is 10.2. The molecule has 0 heterocycles. The van der Waals surface area contributed by atoms with Crippen LogP contribution in [0.3, 0.4) is 0 Å². The number of ether oxygens (including phenoxy) is 1. The summed E-state index contributed by atoms with van der Waals surface area (Å²) in [6.45, 7) is 2.59. The molecule has 0 saturated heterocycles. The number of nitrogens with one attached hydrogen (secondary N) is 1. The van der Waals surface area contributed by atoms with Crippen LogP contribution < -0.4 is 15.8 Å². The van der Waals surface area contributed by atoms with Gasteiger partial charge in [-0.15, -0.1) is 12.4 Å². The van der Waals surface area contributed by atoms with E-state index in [0.717, 1.165) is 10.0 Å². The molecular weight excluding hydrogens is 336 g/mol. The van der Waals surface area contributed by atoms with Crippen LogP contribution in [0, 0.1) is 0 Å². The minimum Gasteiger partial charge on any atom is -0.483 e. The number of aliphatic hydroxyl groups is 1. The monoisotopic (exact) mass is 352 g/mol. The number of halogens is 2. The molecule has 0 aliphatic heterocycles. The van der Waals surface area contributed by atoms with E-state index in [0.29, 0.717) is 18.8 Å². The zero-order valence-corrected chi connectivity index (χ0v) is 13.0. The van der Waals surface area contributed by atoms with Crippen molar-refractivity contribution in [2.24, 2.45) is 5.73 Å². The summed E-state index contributed by atoms with van der Waals surface area (Å²) in [5.41, 5.74) is 5.93. The van der Waals surface area contributed by atoms with Gasteiger partial charge in [0.2, 0.25) is 0 Å². The molecule has 1 aromatic rings. The molecule has 0 aliphatic carbocycles. The zero-order valence-electron chi connectivity index (χ0n) is 10.6. The van der Waals surface area contributed by atoms with Crippen molar-refractivity contribution >= 4 is 34.2 Å². The van der Waals surface area contributed by atoms with Crippen molar-refractivity contribution in [2.75, 3.05) is 13.2 Å². The van der Waals surface area contributed by atoms with Gasteiger partial charge in [-0.3, -0.25) is 4.79 Å². The Morgan fingerprint density at radius 3 is 2.84 bits per heavy atom. The van der Waals surface area contributed by atoms with Crippen LogP contribution >= 0.6 is 28.3 Å². The molecule has 1 unspecified atom stereocenters. The van der Waals surface area contributed by atoms with Crippen molar-refractivity contribution in [2.45, 2.75) is 19.6 Å². The molecule has 0 fully saturated rings. The Morgan fingerprint density at radius 1 is 1.58 bits per heavy atom. The Bertz CT molecular complexity index is 416. The quantitative estimate of drug-likeness (QED) is 0.688. The van der Waals surface area contributed by atoms with E-state index >= 15 is 0 Å². The molecule has 1 rings (SSSR count). The first kappa shape index (κ1) is 18.2. The number of aliphatic hydroxyl groups excluding tert-OH is 1. The van der Waals surface area contributed by atoms with Gasteiger partial charge in [-0.2, -0.15) is 0 Å². The molecule has 108 valence electrons. The van der Waals surface area contributed by atoms with Gasteiger partial charge in [-0.05, 0) is 25.1 Å². The highest BCUT2D eigenvalue weighted by Crippen LogP contribution is 2.23. The molecule has 4 N–H and O–H groups in total. The van der Waals surface area contributed by atoms with Gasteiger partial charge < -0.3 is 20.9 Å². The van der Waals surface area contributed by atoms with Gasteiger partial charge in [0.25, 0.3) is 5.91 Å². The predicted molar refractivity (Wildman–Crippen MR) is 79.5 cm³/mol. The molecule has 1 atom stereocenters. The average molecular weight is 354 g/mol. The largest absolute Gasteiger partial charge is 0.483 e. The van der Waals surface area contributed by atoms with E-state index in [1.807, 2.05) is 12.1 Å². The Kier molecular flexibility index (Phi) is 8.75. The number of hydrogen-bond acceptors (Lipinski definition) is 4. The molecule has 0 spiro atoms. The van der Waals surface area contributed by atoms with Crippen LogP contribution in [0.5, 0.6) is 5.75 Å². The molecule has 0 saturated carbocycles. The predicted octanol–water partition coefficient (Wildman–Crippen LogP) is 1.21. The summed E-state index contributed by atoms with van der Waals surface area (Å²) in [7, 11) is 0. The summed E-state index contributed by atoms with van der Waals surface area (Å²) in [6.07, 6.45) is -0.410. The van der Waals surface area contributed by atoms with Crippen molar-refractivity contribution in [1.82, 2.24) is 5.32 Å². The number of benzene rings is 1. The summed E-state index contributed by atoms with van der Waals surface area (Å²) in [6, 6.07) is 5.49. The van der Waals surface area contributed by atoms with Gasteiger partial charge in [0.05, 0.1) is 6.10 Å². The zero-order chi connectivity index (χ0) is 13.5. The maximum Gasteiger partial charge on any atom is 0.255 e. The van der Waals surface area contributed by atoms with Crippen LogP contribution in [0.1, 0.15) is 12.5 Å². The molecule has 0 radical (unpaired) electrons. The lowest BCUT2D eigenvalue weighted by Gasteiger charge is -2.12. The van der Waals surface area contributed by atoms with Crippen molar-refractivity contribution in [3.8, 4) is 5.75 Å². The first-order valence-corrected chi connectivity index (χ1v) is 6.36. The lowest BCUT2D eigenvalue weighted by molar-refractivity contribution is -0.119. The van der Waals surface area contributed by atoms with Gasteiger partial charge >= 0.3 is 0 Å². The van der Waals surface area contributed by atoms with Gasteiger partial charge in [0.1, 0.15) is 5.75 Å². The van der Waals surface area contributed by atoms with E-state index in [1.54, 1.807) is 13.0 Å². The number of rotatable bonds is 7. The SMILES string of the molecule is CC(O)CNCc1cc(Br)ccc1OCC(N)=O.Cl. The molecule has 0 aromatic heterocycles. The van der Waals surface area contributed by atoms with Crippen LogP contribution in [0.15, 0.2) is 22.7 Å². The lowest BCUT2D eigenvalue weighted by Crippen LogP contribution is -2.25. The molecule has 1 amide bonds. The maximum absolute atomic E-state index is 10.7. The second kappa shape index (κ2) is 9.14. The molecule has 19 heavy (non-hydrogen) atoms. The Balaban J connectivity index is 0.00000324. The Morgan fingerprint density at radius 2 is 2.26 bits per heavy atom. The molecule has 0 aliphatic rings. The Hall–Kier alpha value is -0.820. The summed E-state index contributed by atoms with van der Waals surface area (Å²) in [5.74, 6) is 0.0934. The van der Waals surface area contributed by atoms with Crippen molar-refractivity contribution in [1.29, 1.82) is 0 Å². The fourth-order valence-electron chi connectivity index (χ4n) is 1.39. The molecular formula is C12H18BrClN2O3. The van der Waals surface area contributed by atoms with E-state index in [1.165, 1.54) is 0 Å². The number of carbonyl (C=O) groups is 1. The fraction of sp³-hybridized carbons (Fsp3) is 0.417. The van der Waals surface area contributed by atoms with Gasteiger partial charge in [0, 0.05) is 23.1 Å². The highest BCUT2D eigenvalue weighted by atomic mass is 79.9. The van der Waals surface area contributed by atoms with Crippen molar-refractivity contribution in [3.63, 3.8) is 0 Å². The van der Waals surface area contributed by atoms with E-state index < -0.39 is 12.0 Å². The van der Waals surface area contributed by atoms with Crippen LogP contribution in [-0.2, 0) is 11.3 Å². The minimum atomic E-state index is -0.513. The maximum atomic E-state index is 10.7. The van der Waals surface area contributed by atoms with Crippen LogP contribution in [0.25, 0.3) is 0 Å². The molecule has 5 nitrogen and oxygen atoms in total. The second-order valence-electron chi connectivity index (χ2n) is 3.99. The summed E-state index contributed by atoms with van der Waals surface area (Å²) < 4.78 is 6.23. The first-order chi connectivity index (χ1) is 8.49. The van der Waals surface area contributed by atoms with Crippen molar-refractivity contribution < 1.29 is 14.6 Å². The third-order valence-electron chi connectivity index (χ3n) is 2.15. The Labute approximate surface area is 127 Å². The fourth-order valence-corrected chi connectivity index (χ4v) is 1.80. The van der Waals surface area contributed by atoms with Crippen LogP contribution in [0.4, 0.5) is 0 Å². The van der Waals surface area contributed by atoms with Gasteiger partial charge in [-0.25, -0.2) is 0 Å². The van der Waals surface area contributed by atoms with E-state index in [4.69, 9.17) is 15.6 Å². The van der Waals surface area contributed by atoms with E-state index in [2.05, 4.69) is 21.2 Å². The van der Waals surface area contributed by atoms with Gasteiger partial charge in [0.15, 0.2) is 6.61 Å². The number of amides is 1. The van der Waals surface area contributed by atoms with E-state index in [-0.39, 0.29) is 19.0 Å². The topological polar surface area (TPSA) is 84.6 Å². The highest BCUT2D eigenvalue weighted by Gasteiger charge is 2.06. The van der Waals surface area contributed by atoms with Gasteiger partial charge in [-0.1, -0.05) is 15.9 Å². The number of nitrogens with two attached hydrogens (primary N) is 1. The molecule has 7 heteroatoms. The summed E-state index contributed by atoms with van der Waals surface area (Å²) in [5, 5.41) is 12.3. The standard InChI is InChI=1S/C12H17BrN2O3.ClH/c1-8(16)5-15-6-9-4-10(13)2-3-11(9)18-7-12(14)17;/h2-4,8,15-16H,5-7H2,1H3,(H2,14,17);1H. The first-order valence-electron chi connectivity index (χ1n) is 5.57. The van der Waals surface area contributed by atoms with E-state index in [9.17, 15) is 4.79 Å². The highest BCUT2D eigenvalue weighted by molar-refractivity contribution is 9.10. The van der Waals surface area contributed by atoms with Crippen molar-refractivity contribution in [3.05, 3.63) is 28.2 Å². The number of hydrogen-bond donors (Lipinski definition) is 3. The summed E-state index contributed by atoms with van der Waals surface area (Å²) in [4.78, 5) is 10.7.